The van der Waals surface area contributed by atoms with Gasteiger partial charge in [-0.2, -0.15) is 9.94 Å². The summed E-state index contributed by atoms with van der Waals surface area (Å²) < 4.78 is 15.1. The van der Waals surface area contributed by atoms with E-state index in [0.717, 1.165) is 11.8 Å². The SMILES string of the molecule is N#Cc1c(F)cccc1Sc1nnnn1-c1ccc(Cl)cc1. The second-order valence-electron chi connectivity index (χ2n) is 4.18. The predicted molar refractivity (Wildman–Crippen MR) is 79.4 cm³/mol. The molecule has 0 saturated heterocycles. The molecule has 1 heterocycles. The molecule has 0 atom stereocenters. The Balaban J connectivity index is 1.99. The second-order valence-corrected chi connectivity index (χ2v) is 5.62. The summed E-state index contributed by atoms with van der Waals surface area (Å²) in [7, 11) is 0. The Morgan fingerprint density at radius 1 is 1.18 bits per heavy atom. The van der Waals surface area contributed by atoms with Gasteiger partial charge in [0.25, 0.3) is 0 Å². The average molecular weight is 332 g/mol. The van der Waals surface area contributed by atoms with E-state index in [0.29, 0.717) is 20.8 Å². The summed E-state index contributed by atoms with van der Waals surface area (Å²) >= 11 is 6.97. The van der Waals surface area contributed by atoms with Crippen LogP contribution in [0.1, 0.15) is 5.56 Å². The number of aromatic nitrogens is 4. The summed E-state index contributed by atoms with van der Waals surface area (Å²) in [6.07, 6.45) is 0. The third-order valence-electron chi connectivity index (χ3n) is 2.80. The fourth-order valence-electron chi connectivity index (χ4n) is 1.78. The first kappa shape index (κ1) is 14.5. The van der Waals surface area contributed by atoms with Crippen molar-refractivity contribution < 1.29 is 4.39 Å². The Morgan fingerprint density at radius 2 is 1.95 bits per heavy atom. The maximum atomic E-state index is 13.6. The van der Waals surface area contributed by atoms with Crippen LogP contribution < -0.4 is 0 Å². The van der Waals surface area contributed by atoms with Gasteiger partial charge in [0.1, 0.15) is 17.4 Å². The molecule has 0 aliphatic carbocycles. The number of hydrogen-bond acceptors (Lipinski definition) is 5. The topological polar surface area (TPSA) is 67.4 Å². The summed E-state index contributed by atoms with van der Waals surface area (Å²) in [5.74, 6) is -0.571. The summed E-state index contributed by atoms with van der Waals surface area (Å²) in [6, 6.07) is 13.2. The molecule has 0 bridgehead atoms. The van der Waals surface area contributed by atoms with Crippen LogP contribution in [0.15, 0.2) is 52.5 Å². The molecule has 0 spiro atoms. The molecule has 0 aliphatic heterocycles. The van der Waals surface area contributed by atoms with Gasteiger partial charge < -0.3 is 0 Å². The molecule has 0 unspecified atom stereocenters. The van der Waals surface area contributed by atoms with Crippen molar-refractivity contribution >= 4 is 23.4 Å². The van der Waals surface area contributed by atoms with E-state index in [1.807, 2.05) is 6.07 Å². The normalized spacial score (nSPS) is 10.4. The number of nitrogens with zero attached hydrogens (tertiary/aromatic N) is 5. The molecule has 0 N–H and O–H groups in total. The van der Waals surface area contributed by atoms with E-state index in [1.54, 1.807) is 30.3 Å². The van der Waals surface area contributed by atoms with Gasteiger partial charge in [-0.25, -0.2) is 4.39 Å². The first-order valence-electron chi connectivity index (χ1n) is 6.10. The molecule has 3 rings (SSSR count). The van der Waals surface area contributed by atoms with Crippen LogP contribution in [0.5, 0.6) is 0 Å². The smallest absolute Gasteiger partial charge is 0.206 e. The summed E-state index contributed by atoms with van der Waals surface area (Å²) in [5, 5.41) is 21.5. The fourth-order valence-corrected chi connectivity index (χ4v) is 2.80. The van der Waals surface area contributed by atoms with E-state index in [4.69, 9.17) is 16.9 Å². The maximum absolute atomic E-state index is 13.6. The van der Waals surface area contributed by atoms with Gasteiger partial charge in [0.05, 0.1) is 5.69 Å². The number of rotatable bonds is 3. The van der Waals surface area contributed by atoms with Crippen LogP contribution in [0.4, 0.5) is 4.39 Å². The van der Waals surface area contributed by atoms with Crippen LogP contribution in [-0.2, 0) is 0 Å². The van der Waals surface area contributed by atoms with Crippen LogP contribution in [0.3, 0.4) is 0 Å². The summed E-state index contributed by atoms with van der Waals surface area (Å²) in [5.41, 5.74) is 0.685. The number of halogens is 2. The van der Waals surface area contributed by atoms with Crippen molar-refractivity contribution in [2.75, 3.05) is 0 Å². The summed E-state index contributed by atoms with van der Waals surface area (Å²) in [4.78, 5) is 0.451. The average Bonchev–Trinajstić information content (AvgIpc) is 2.96. The largest absolute Gasteiger partial charge is 0.218 e. The van der Waals surface area contributed by atoms with Gasteiger partial charge in [-0.3, -0.25) is 0 Å². The molecule has 0 radical (unpaired) electrons. The zero-order chi connectivity index (χ0) is 15.5. The Hall–Kier alpha value is -2.43. The number of hydrogen-bond donors (Lipinski definition) is 0. The van der Waals surface area contributed by atoms with E-state index in [9.17, 15) is 4.39 Å². The molecule has 22 heavy (non-hydrogen) atoms. The minimum absolute atomic E-state index is 0.0295. The monoisotopic (exact) mass is 331 g/mol. The Bertz CT molecular complexity index is 856. The van der Waals surface area contributed by atoms with Crippen molar-refractivity contribution in [2.24, 2.45) is 0 Å². The van der Waals surface area contributed by atoms with Crippen LogP contribution >= 0.6 is 23.4 Å². The Morgan fingerprint density at radius 3 is 2.68 bits per heavy atom. The molecular weight excluding hydrogens is 325 g/mol. The standard InChI is InChI=1S/C14H7ClFN5S/c15-9-4-6-10(7-5-9)21-14(18-19-20-21)22-13-3-1-2-12(16)11(13)8-17/h1-7H. The lowest BCUT2D eigenvalue weighted by atomic mass is 10.2. The van der Waals surface area contributed by atoms with Crippen LogP contribution in [0.25, 0.3) is 5.69 Å². The molecule has 0 amide bonds. The third-order valence-corrected chi connectivity index (χ3v) is 4.05. The predicted octanol–water partition coefficient (Wildman–Crippen LogP) is 3.48. The van der Waals surface area contributed by atoms with Crippen molar-refractivity contribution in [2.45, 2.75) is 10.1 Å². The van der Waals surface area contributed by atoms with Crippen molar-refractivity contribution in [3.63, 3.8) is 0 Å². The zero-order valence-corrected chi connectivity index (χ0v) is 12.5. The molecule has 2 aromatic carbocycles. The molecule has 0 fully saturated rings. The minimum atomic E-state index is -0.571. The van der Waals surface area contributed by atoms with E-state index in [2.05, 4.69) is 15.5 Å². The second kappa shape index (κ2) is 6.13. The van der Waals surface area contributed by atoms with Crippen LogP contribution in [0.2, 0.25) is 5.02 Å². The molecule has 1 aromatic heterocycles. The molecule has 0 saturated carbocycles. The lowest BCUT2D eigenvalue weighted by Crippen LogP contribution is -1.99. The molecular formula is C14H7ClFN5S. The van der Waals surface area contributed by atoms with Crippen LogP contribution in [0, 0.1) is 17.1 Å². The zero-order valence-electron chi connectivity index (χ0n) is 10.9. The third kappa shape index (κ3) is 2.79. The van der Waals surface area contributed by atoms with E-state index >= 15 is 0 Å². The van der Waals surface area contributed by atoms with Gasteiger partial charge in [-0.1, -0.05) is 17.7 Å². The first-order chi connectivity index (χ1) is 10.7. The lowest BCUT2D eigenvalue weighted by molar-refractivity contribution is 0.619. The number of benzene rings is 2. The van der Waals surface area contributed by atoms with Gasteiger partial charge in [-0.05, 0) is 58.6 Å². The van der Waals surface area contributed by atoms with E-state index < -0.39 is 5.82 Å². The van der Waals surface area contributed by atoms with E-state index in [1.165, 1.54) is 16.8 Å². The summed E-state index contributed by atoms with van der Waals surface area (Å²) in [6.45, 7) is 0. The first-order valence-corrected chi connectivity index (χ1v) is 7.29. The molecule has 0 aliphatic rings. The fraction of sp³-hybridized carbons (Fsp3) is 0. The van der Waals surface area contributed by atoms with E-state index in [-0.39, 0.29) is 5.56 Å². The highest BCUT2D eigenvalue weighted by atomic mass is 35.5. The highest BCUT2D eigenvalue weighted by molar-refractivity contribution is 7.99. The Kier molecular flexibility index (Phi) is 4.04. The van der Waals surface area contributed by atoms with Gasteiger partial charge in [0.2, 0.25) is 5.16 Å². The highest BCUT2D eigenvalue weighted by Gasteiger charge is 2.14. The van der Waals surface area contributed by atoms with Crippen molar-refractivity contribution in [1.29, 1.82) is 5.26 Å². The van der Waals surface area contributed by atoms with Gasteiger partial charge >= 0.3 is 0 Å². The van der Waals surface area contributed by atoms with Crippen molar-refractivity contribution in [3.8, 4) is 11.8 Å². The maximum Gasteiger partial charge on any atom is 0.218 e. The van der Waals surface area contributed by atoms with Gasteiger partial charge in [0, 0.05) is 9.92 Å². The highest BCUT2D eigenvalue weighted by Crippen LogP contribution is 2.30. The number of nitriles is 1. The molecule has 108 valence electrons. The van der Waals surface area contributed by atoms with Gasteiger partial charge in [0.15, 0.2) is 0 Å². The minimum Gasteiger partial charge on any atom is -0.206 e. The lowest BCUT2D eigenvalue weighted by Gasteiger charge is -2.05. The molecule has 8 heteroatoms. The van der Waals surface area contributed by atoms with Crippen molar-refractivity contribution in [3.05, 3.63) is 58.9 Å². The molecule has 5 nitrogen and oxygen atoms in total. The van der Waals surface area contributed by atoms with Crippen molar-refractivity contribution in [1.82, 2.24) is 20.2 Å². The molecule has 3 aromatic rings. The Labute approximate surface area is 134 Å². The number of tetrazole rings is 1. The van der Waals surface area contributed by atoms with Crippen LogP contribution in [-0.4, -0.2) is 20.2 Å². The van der Waals surface area contributed by atoms with Gasteiger partial charge in [-0.15, -0.1) is 5.10 Å². The quantitative estimate of drug-likeness (QED) is 0.735.